The van der Waals surface area contributed by atoms with Gasteiger partial charge < -0.3 is 9.47 Å². The Morgan fingerprint density at radius 2 is 0.975 bits per heavy atom. The molecule has 0 aromatic rings. The van der Waals surface area contributed by atoms with Gasteiger partial charge in [0.1, 0.15) is 0 Å². The van der Waals surface area contributed by atoms with E-state index in [1.54, 1.807) is 0 Å². The number of hydrogen-bond acceptors (Lipinski definition) is 8. The number of rotatable bonds is 12. The molecule has 2 atom stereocenters. The molecule has 0 radical (unpaired) electrons. The SMILES string of the molecule is CCC(C)(N=NC1CCCCC1)NC(=O)OCC1CCC(COC(=O)NC(C)(CC)N=NC2CCCCC2)CC1. The van der Waals surface area contributed by atoms with E-state index in [2.05, 4.69) is 31.1 Å². The van der Waals surface area contributed by atoms with E-state index in [0.29, 0.717) is 37.9 Å². The summed E-state index contributed by atoms with van der Waals surface area (Å²) in [7, 11) is 0. The van der Waals surface area contributed by atoms with E-state index >= 15 is 0 Å². The van der Waals surface area contributed by atoms with Gasteiger partial charge in [-0.25, -0.2) is 9.59 Å². The van der Waals surface area contributed by atoms with Crippen molar-refractivity contribution in [2.45, 2.75) is 154 Å². The Balaban J connectivity index is 1.32. The van der Waals surface area contributed by atoms with Crippen LogP contribution in [0.5, 0.6) is 0 Å². The zero-order chi connectivity index (χ0) is 28.8. The van der Waals surface area contributed by atoms with E-state index in [-0.39, 0.29) is 12.1 Å². The predicted octanol–water partition coefficient (Wildman–Crippen LogP) is 8.07. The van der Waals surface area contributed by atoms with Crippen molar-refractivity contribution in [2.75, 3.05) is 13.2 Å². The van der Waals surface area contributed by atoms with Crippen LogP contribution < -0.4 is 10.6 Å². The third-order valence-corrected chi connectivity index (χ3v) is 9.02. The van der Waals surface area contributed by atoms with Crippen LogP contribution in [0.4, 0.5) is 9.59 Å². The van der Waals surface area contributed by atoms with Crippen LogP contribution in [0.2, 0.25) is 0 Å². The second-order valence-corrected chi connectivity index (χ2v) is 12.6. The minimum Gasteiger partial charge on any atom is -0.449 e. The molecule has 3 fully saturated rings. The van der Waals surface area contributed by atoms with Gasteiger partial charge in [-0.05, 0) is 89.9 Å². The summed E-state index contributed by atoms with van der Waals surface area (Å²) in [5, 5.41) is 23.9. The van der Waals surface area contributed by atoms with Crippen LogP contribution in [0.1, 0.15) is 130 Å². The zero-order valence-electron chi connectivity index (χ0n) is 25.5. The summed E-state index contributed by atoms with van der Waals surface area (Å²) in [5.41, 5.74) is -1.48. The first kappa shape index (κ1) is 32.3. The Labute approximate surface area is 241 Å². The van der Waals surface area contributed by atoms with Crippen LogP contribution in [-0.4, -0.2) is 48.8 Å². The highest BCUT2D eigenvalue weighted by atomic mass is 16.6. The second kappa shape index (κ2) is 16.2. The maximum Gasteiger partial charge on any atom is 0.409 e. The summed E-state index contributed by atoms with van der Waals surface area (Å²) >= 11 is 0. The molecular formula is C30H54N6O4. The van der Waals surface area contributed by atoms with Crippen LogP contribution in [0, 0.1) is 11.8 Å². The van der Waals surface area contributed by atoms with Crippen molar-refractivity contribution in [1.82, 2.24) is 10.6 Å². The van der Waals surface area contributed by atoms with E-state index in [4.69, 9.17) is 9.47 Å². The molecule has 0 spiro atoms. The molecule has 0 saturated heterocycles. The van der Waals surface area contributed by atoms with Gasteiger partial charge in [0.2, 0.25) is 0 Å². The summed E-state index contributed by atoms with van der Waals surface area (Å²) in [6.07, 6.45) is 15.9. The Morgan fingerprint density at radius 1 is 0.625 bits per heavy atom. The fourth-order valence-electron chi connectivity index (χ4n) is 5.64. The van der Waals surface area contributed by atoms with E-state index in [1.165, 1.54) is 38.5 Å². The third kappa shape index (κ3) is 11.3. The lowest BCUT2D eigenvalue weighted by Crippen LogP contribution is -2.45. The van der Waals surface area contributed by atoms with Crippen LogP contribution in [0.15, 0.2) is 20.5 Å². The van der Waals surface area contributed by atoms with Crippen molar-refractivity contribution in [3.8, 4) is 0 Å². The first-order valence-corrected chi connectivity index (χ1v) is 16.0. The molecule has 40 heavy (non-hydrogen) atoms. The van der Waals surface area contributed by atoms with Gasteiger partial charge in [0, 0.05) is 0 Å². The van der Waals surface area contributed by atoms with Crippen molar-refractivity contribution in [3.05, 3.63) is 0 Å². The topological polar surface area (TPSA) is 126 Å². The van der Waals surface area contributed by atoms with E-state index in [9.17, 15) is 9.59 Å². The molecule has 2 amide bonds. The normalized spacial score (nSPS) is 26.2. The molecule has 3 aliphatic rings. The monoisotopic (exact) mass is 562 g/mol. The van der Waals surface area contributed by atoms with E-state index in [1.807, 2.05) is 27.7 Å². The number of azo groups is 2. The van der Waals surface area contributed by atoms with Gasteiger partial charge in [-0.15, -0.1) is 0 Å². The molecule has 0 heterocycles. The van der Waals surface area contributed by atoms with Crippen LogP contribution in [0.3, 0.4) is 0 Å². The minimum atomic E-state index is -0.741. The smallest absolute Gasteiger partial charge is 0.409 e. The number of alkyl carbamates (subject to hydrolysis) is 2. The summed E-state index contributed by atoms with van der Waals surface area (Å²) in [4.78, 5) is 25.0. The number of ether oxygens (including phenoxy) is 2. The number of nitrogens with zero attached hydrogens (tertiary/aromatic N) is 4. The Bertz CT molecular complexity index is 766. The first-order valence-electron chi connectivity index (χ1n) is 16.0. The number of nitrogens with one attached hydrogen (secondary N) is 2. The summed E-state index contributed by atoms with van der Waals surface area (Å²) < 4.78 is 11.1. The van der Waals surface area contributed by atoms with Crippen LogP contribution in [-0.2, 0) is 9.47 Å². The van der Waals surface area contributed by atoms with Crippen LogP contribution >= 0.6 is 0 Å². The summed E-state index contributed by atoms with van der Waals surface area (Å²) in [5.74, 6) is 0.632. The molecule has 10 nitrogen and oxygen atoms in total. The molecule has 0 bridgehead atoms. The molecule has 228 valence electrons. The van der Waals surface area contributed by atoms with Gasteiger partial charge in [-0.3, -0.25) is 10.6 Å². The van der Waals surface area contributed by atoms with Crippen molar-refractivity contribution >= 4 is 12.2 Å². The fourth-order valence-corrected chi connectivity index (χ4v) is 5.64. The molecule has 3 aliphatic carbocycles. The van der Waals surface area contributed by atoms with Crippen molar-refractivity contribution < 1.29 is 19.1 Å². The lowest BCUT2D eigenvalue weighted by atomic mass is 9.83. The zero-order valence-corrected chi connectivity index (χ0v) is 25.5. The highest BCUT2D eigenvalue weighted by molar-refractivity contribution is 5.68. The maximum absolute atomic E-state index is 12.5. The molecule has 10 heteroatoms. The molecular weight excluding hydrogens is 508 g/mol. The van der Waals surface area contributed by atoms with Crippen LogP contribution in [0.25, 0.3) is 0 Å². The average molecular weight is 563 g/mol. The summed E-state index contributed by atoms with van der Waals surface area (Å²) in [6.45, 7) is 8.55. The number of amides is 2. The Kier molecular flexibility index (Phi) is 13.1. The van der Waals surface area contributed by atoms with E-state index in [0.717, 1.165) is 51.4 Å². The van der Waals surface area contributed by atoms with Crippen molar-refractivity contribution in [1.29, 1.82) is 0 Å². The molecule has 2 N–H and O–H groups in total. The Morgan fingerprint density at radius 3 is 1.30 bits per heavy atom. The van der Waals surface area contributed by atoms with Gasteiger partial charge in [-0.2, -0.15) is 20.5 Å². The number of carbonyl (C=O) groups excluding carboxylic acids is 2. The van der Waals surface area contributed by atoms with E-state index < -0.39 is 23.5 Å². The first-order chi connectivity index (χ1) is 19.2. The molecule has 3 saturated carbocycles. The molecule has 3 rings (SSSR count). The van der Waals surface area contributed by atoms with Gasteiger partial charge in [0.05, 0.1) is 25.3 Å². The lowest BCUT2D eigenvalue weighted by Gasteiger charge is -2.29. The quantitative estimate of drug-likeness (QED) is 0.233. The van der Waals surface area contributed by atoms with Gasteiger partial charge in [-0.1, -0.05) is 52.4 Å². The maximum atomic E-state index is 12.5. The summed E-state index contributed by atoms with van der Waals surface area (Å²) in [6, 6.07) is 0.547. The molecule has 0 aromatic carbocycles. The average Bonchev–Trinajstić information content (AvgIpc) is 2.98. The number of carbonyl (C=O) groups is 2. The highest BCUT2D eigenvalue weighted by Gasteiger charge is 2.29. The fraction of sp³-hybridized carbons (Fsp3) is 0.933. The molecule has 0 aliphatic heterocycles. The molecule has 0 aromatic heterocycles. The minimum absolute atomic E-state index is 0.274. The van der Waals surface area contributed by atoms with Crippen molar-refractivity contribution in [3.63, 3.8) is 0 Å². The van der Waals surface area contributed by atoms with Gasteiger partial charge in [0.15, 0.2) is 11.3 Å². The van der Waals surface area contributed by atoms with Gasteiger partial charge in [0.25, 0.3) is 0 Å². The lowest BCUT2D eigenvalue weighted by molar-refractivity contribution is 0.0785. The largest absolute Gasteiger partial charge is 0.449 e. The third-order valence-electron chi connectivity index (χ3n) is 9.02. The Hall–Kier alpha value is -2.26. The highest BCUT2D eigenvalue weighted by Crippen LogP contribution is 2.30. The molecule has 2 unspecified atom stereocenters. The van der Waals surface area contributed by atoms with Gasteiger partial charge >= 0.3 is 12.2 Å². The second-order valence-electron chi connectivity index (χ2n) is 12.6. The van der Waals surface area contributed by atoms with Crippen molar-refractivity contribution in [2.24, 2.45) is 32.3 Å². The predicted molar refractivity (Wildman–Crippen MR) is 155 cm³/mol. The number of hydrogen-bond donors (Lipinski definition) is 2. The standard InChI is InChI=1S/C30H54N6O4/c1-5-29(3,35-33-25-13-9-7-10-14-25)31-27(37)39-21-23-17-19-24(20-18-23)22-40-28(38)32-30(4,6-2)36-34-26-15-11-8-12-16-26/h23-26H,5-22H2,1-4H3,(H,31,37)(H,32,38).